The molecule has 1 heterocycles. The summed E-state index contributed by atoms with van der Waals surface area (Å²) in [5.74, 6) is 0.312. The molecule has 1 aliphatic heterocycles. The molecule has 5 nitrogen and oxygen atoms in total. The lowest BCUT2D eigenvalue weighted by molar-refractivity contribution is -0.138. The Bertz CT molecular complexity index is 865. The third-order valence-corrected chi connectivity index (χ3v) is 4.38. The molecule has 1 aliphatic rings. The number of thiocarbonyl (C=S) groups is 1. The minimum absolute atomic E-state index is 0.286. The van der Waals surface area contributed by atoms with Crippen molar-refractivity contribution in [1.82, 2.24) is 10.6 Å². The smallest absolute Gasteiger partial charge is 0.338 e. The zero-order valence-corrected chi connectivity index (χ0v) is 16.1. The number of carbonyl (C=O) groups excluding carboxylic acids is 1. The van der Waals surface area contributed by atoms with E-state index in [1.807, 2.05) is 61.5 Å². The number of carbonyl (C=O) groups is 1. The molecule has 2 N–H and O–H groups in total. The van der Waals surface area contributed by atoms with Gasteiger partial charge < -0.3 is 20.1 Å². The summed E-state index contributed by atoms with van der Waals surface area (Å²) in [5.41, 5.74) is 2.82. The normalized spacial score (nSPS) is 16.4. The van der Waals surface area contributed by atoms with Crippen LogP contribution in [0.3, 0.4) is 0 Å². The number of esters is 1. The summed E-state index contributed by atoms with van der Waals surface area (Å²) in [5, 5.41) is 6.78. The van der Waals surface area contributed by atoms with Gasteiger partial charge in [0.15, 0.2) is 5.11 Å². The molecule has 6 heteroatoms. The molecular weight excluding hydrogens is 360 g/mol. The van der Waals surface area contributed by atoms with E-state index in [1.165, 1.54) is 0 Å². The van der Waals surface area contributed by atoms with Crippen LogP contribution in [0.2, 0.25) is 0 Å². The highest BCUT2D eigenvalue weighted by Crippen LogP contribution is 2.36. The molecule has 140 valence electrons. The molecule has 2 aromatic carbocycles. The molecular formula is C21H22N2O3S. The summed E-state index contributed by atoms with van der Waals surface area (Å²) in [4.78, 5) is 12.9. The summed E-state index contributed by atoms with van der Waals surface area (Å²) in [6.45, 7) is 4.53. The van der Waals surface area contributed by atoms with E-state index in [0.29, 0.717) is 28.7 Å². The number of hydrogen-bond donors (Lipinski definition) is 2. The Balaban J connectivity index is 2.19. The van der Waals surface area contributed by atoms with Crippen LogP contribution in [-0.4, -0.2) is 24.3 Å². The Morgan fingerprint density at radius 1 is 1.04 bits per heavy atom. The maximum absolute atomic E-state index is 12.9. The van der Waals surface area contributed by atoms with Gasteiger partial charge in [0.05, 0.1) is 30.5 Å². The van der Waals surface area contributed by atoms with Gasteiger partial charge in [-0.3, -0.25) is 0 Å². The second-order valence-corrected chi connectivity index (χ2v) is 6.29. The average Bonchev–Trinajstić information content (AvgIpc) is 2.69. The van der Waals surface area contributed by atoms with Crippen molar-refractivity contribution >= 4 is 29.0 Å². The fraction of sp³-hybridized carbons (Fsp3) is 0.238. The first-order chi connectivity index (χ1) is 13.2. The van der Waals surface area contributed by atoms with E-state index in [0.717, 1.165) is 11.1 Å². The first kappa shape index (κ1) is 18.9. The minimum atomic E-state index is -0.476. The van der Waals surface area contributed by atoms with Gasteiger partial charge in [-0.15, -0.1) is 0 Å². The van der Waals surface area contributed by atoms with E-state index < -0.39 is 12.0 Å². The van der Waals surface area contributed by atoms with Gasteiger partial charge in [0.1, 0.15) is 5.75 Å². The van der Waals surface area contributed by atoms with Gasteiger partial charge >= 0.3 is 5.97 Å². The predicted molar refractivity (Wildman–Crippen MR) is 109 cm³/mol. The van der Waals surface area contributed by atoms with Crippen LogP contribution in [0.15, 0.2) is 60.2 Å². The predicted octanol–water partition coefficient (Wildman–Crippen LogP) is 3.58. The quantitative estimate of drug-likeness (QED) is 0.588. The van der Waals surface area contributed by atoms with Crippen molar-refractivity contribution in [2.75, 3.05) is 13.2 Å². The lowest BCUT2D eigenvalue weighted by Crippen LogP contribution is -2.45. The monoisotopic (exact) mass is 382 g/mol. The number of hydrogen-bond acceptors (Lipinski definition) is 4. The second kappa shape index (κ2) is 8.68. The summed E-state index contributed by atoms with van der Waals surface area (Å²) in [6, 6.07) is 16.8. The fourth-order valence-corrected chi connectivity index (χ4v) is 3.28. The van der Waals surface area contributed by atoms with Crippen LogP contribution < -0.4 is 15.4 Å². The lowest BCUT2D eigenvalue weighted by Gasteiger charge is -2.32. The van der Waals surface area contributed by atoms with Crippen molar-refractivity contribution in [3.05, 3.63) is 71.3 Å². The Kier molecular flexibility index (Phi) is 6.08. The van der Waals surface area contributed by atoms with Gasteiger partial charge in [-0.2, -0.15) is 0 Å². The van der Waals surface area contributed by atoms with Crippen LogP contribution in [-0.2, 0) is 9.53 Å². The summed E-state index contributed by atoms with van der Waals surface area (Å²) < 4.78 is 11.1. The molecule has 0 saturated carbocycles. The molecule has 0 radical (unpaired) electrons. The van der Waals surface area contributed by atoms with Gasteiger partial charge in [0, 0.05) is 5.56 Å². The molecule has 0 aromatic heterocycles. The van der Waals surface area contributed by atoms with Crippen molar-refractivity contribution in [3.8, 4) is 5.75 Å². The zero-order valence-electron chi connectivity index (χ0n) is 15.3. The van der Waals surface area contributed by atoms with Crippen LogP contribution in [0.1, 0.15) is 31.0 Å². The van der Waals surface area contributed by atoms with E-state index >= 15 is 0 Å². The molecule has 0 aliphatic carbocycles. The summed E-state index contributed by atoms with van der Waals surface area (Å²) in [7, 11) is 0. The van der Waals surface area contributed by atoms with Crippen LogP contribution >= 0.6 is 12.2 Å². The number of nitrogens with one attached hydrogen (secondary N) is 2. The lowest BCUT2D eigenvalue weighted by atomic mass is 9.92. The Hall–Kier alpha value is -2.86. The van der Waals surface area contributed by atoms with Crippen LogP contribution in [0.5, 0.6) is 5.75 Å². The Labute approximate surface area is 164 Å². The molecule has 0 bridgehead atoms. The van der Waals surface area contributed by atoms with Crippen LogP contribution in [0.4, 0.5) is 0 Å². The summed E-state index contributed by atoms with van der Waals surface area (Å²) in [6.07, 6.45) is 0. The highest BCUT2D eigenvalue weighted by atomic mass is 32.1. The number of rotatable bonds is 6. The highest BCUT2D eigenvalue weighted by Gasteiger charge is 2.34. The molecule has 2 aromatic rings. The van der Waals surface area contributed by atoms with E-state index in [2.05, 4.69) is 10.6 Å². The largest absolute Gasteiger partial charge is 0.494 e. The molecule has 0 fully saturated rings. The molecule has 1 atom stereocenters. The molecule has 27 heavy (non-hydrogen) atoms. The maximum Gasteiger partial charge on any atom is 0.338 e. The first-order valence-electron chi connectivity index (χ1n) is 8.91. The van der Waals surface area contributed by atoms with Crippen molar-refractivity contribution in [3.63, 3.8) is 0 Å². The topological polar surface area (TPSA) is 59.6 Å². The zero-order chi connectivity index (χ0) is 19.2. The van der Waals surface area contributed by atoms with E-state index in [1.54, 1.807) is 6.92 Å². The number of ether oxygens (including phenoxy) is 2. The van der Waals surface area contributed by atoms with E-state index in [9.17, 15) is 4.79 Å². The minimum Gasteiger partial charge on any atom is -0.494 e. The van der Waals surface area contributed by atoms with Crippen LogP contribution in [0.25, 0.3) is 5.70 Å². The van der Waals surface area contributed by atoms with E-state index in [-0.39, 0.29) is 6.61 Å². The molecule has 0 saturated heterocycles. The van der Waals surface area contributed by atoms with Crippen molar-refractivity contribution in [1.29, 1.82) is 0 Å². The third-order valence-electron chi connectivity index (χ3n) is 4.16. The van der Waals surface area contributed by atoms with Gasteiger partial charge in [-0.05, 0) is 37.7 Å². The number of para-hydroxylation sites is 1. The average molecular weight is 382 g/mol. The molecule has 3 rings (SSSR count). The molecule has 0 spiro atoms. The molecule has 0 unspecified atom stereocenters. The second-order valence-electron chi connectivity index (χ2n) is 5.88. The number of benzene rings is 2. The van der Waals surface area contributed by atoms with Gasteiger partial charge in [0.2, 0.25) is 0 Å². The van der Waals surface area contributed by atoms with Crippen molar-refractivity contribution in [2.24, 2.45) is 0 Å². The SMILES string of the molecule is CCOC(=O)C1=C(c2ccccc2)NC(=S)N[C@@H]1c1ccccc1OCC. The highest BCUT2D eigenvalue weighted by molar-refractivity contribution is 7.80. The van der Waals surface area contributed by atoms with Crippen molar-refractivity contribution in [2.45, 2.75) is 19.9 Å². The van der Waals surface area contributed by atoms with Gasteiger partial charge in [0.25, 0.3) is 0 Å². The maximum atomic E-state index is 12.9. The third kappa shape index (κ3) is 4.11. The Morgan fingerprint density at radius 2 is 1.74 bits per heavy atom. The van der Waals surface area contributed by atoms with Gasteiger partial charge in [-0.25, -0.2) is 4.79 Å². The Morgan fingerprint density at radius 3 is 2.44 bits per heavy atom. The van der Waals surface area contributed by atoms with Crippen molar-refractivity contribution < 1.29 is 14.3 Å². The van der Waals surface area contributed by atoms with Gasteiger partial charge in [-0.1, -0.05) is 48.5 Å². The first-order valence-corrected chi connectivity index (χ1v) is 9.32. The van der Waals surface area contributed by atoms with E-state index in [4.69, 9.17) is 21.7 Å². The van der Waals surface area contributed by atoms with Crippen LogP contribution in [0, 0.1) is 0 Å². The fourth-order valence-electron chi connectivity index (χ4n) is 3.07. The molecule has 0 amide bonds. The summed E-state index contributed by atoms with van der Waals surface area (Å²) >= 11 is 5.42. The standard InChI is InChI=1S/C21H22N2O3S/c1-3-25-16-13-9-8-12-15(16)19-17(20(24)26-4-2)18(22-21(27)23-19)14-10-6-5-7-11-14/h5-13,19H,3-4H2,1-2H3,(H2,22,23,27)/t19-/m1/s1.